The molecule has 0 aromatic heterocycles. The number of carbonyl (C=O) groups is 1. The highest BCUT2D eigenvalue weighted by Gasteiger charge is 2.27. The zero-order chi connectivity index (χ0) is 12.3. The first-order chi connectivity index (χ1) is 7.29. The summed E-state index contributed by atoms with van der Waals surface area (Å²) < 4.78 is 35.5. The lowest BCUT2D eigenvalue weighted by atomic mass is 10.1. The number of amides is 1. The molecule has 2 nitrogen and oxygen atoms in total. The molecular weight excluding hydrogens is 243 g/mol. The van der Waals surface area contributed by atoms with E-state index in [0.717, 1.165) is 0 Å². The lowest BCUT2D eigenvalue weighted by Crippen LogP contribution is -2.33. The van der Waals surface area contributed by atoms with Gasteiger partial charge in [0.15, 0.2) is 0 Å². The Labute approximate surface area is 95.4 Å². The lowest BCUT2D eigenvalue weighted by Gasteiger charge is -2.08. The van der Waals surface area contributed by atoms with Crippen molar-refractivity contribution in [3.05, 3.63) is 34.3 Å². The van der Waals surface area contributed by atoms with Gasteiger partial charge in [-0.2, -0.15) is 13.2 Å². The third-order valence-electron chi connectivity index (χ3n) is 1.87. The molecule has 1 amide bonds. The van der Waals surface area contributed by atoms with E-state index in [1.54, 1.807) is 12.2 Å². The van der Waals surface area contributed by atoms with Gasteiger partial charge in [-0.1, -0.05) is 11.6 Å². The molecule has 16 heavy (non-hydrogen) atoms. The van der Waals surface area contributed by atoms with Crippen LogP contribution in [-0.4, -0.2) is 18.6 Å². The second-order valence-corrected chi connectivity index (χ2v) is 3.67. The first-order valence-electron chi connectivity index (χ1n) is 4.41. The average Bonchev–Trinajstić information content (AvgIpc) is 2.17. The fraction of sp³-hybridized carbons (Fsp3) is 0.300. The van der Waals surface area contributed by atoms with Crippen molar-refractivity contribution in [1.29, 1.82) is 0 Å². The van der Waals surface area contributed by atoms with Crippen LogP contribution in [0.3, 0.4) is 0 Å². The number of hydrogen-bond acceptors (Lipinski definition) is 1. The van der Waals surface area contributed by atoms with Gasteiger partial charge < -0.3 is 5.32 Å². The van der Waals surface area contributed by atoms with Gasteiger partial charge in [0.25, 0.3) is 5.91 Å². The zero-order valence-corrected chi connectivity index (χ0v) is 9.12. The maximum atomic E-state index is 11.8. The van der Waals surface area contributed by atoms with Crippen molar-refractivity contribution in [2.75, 3.05) is 6.54 Å². The second-order valence-electron chi connectivity index (χ2n) is 3.26. The summed E-state index contributed by atoms with van der Waals surface area (Å²) in [5.74, 6) is -0.767. The molecule has 0 aliphatic rings. The van der Waals surface area contributed by atoms with Gasteiger partial charge in [0, 0.05) is 10.6 Å². The number of benzene rings is 1. The molecule has 0 unspecified atom stereocenters. The average molecular weight is 252 g/mol. The van der Waals surface area contributed by atoms with Gasteiger partial charge in [-0.3, -0.25) is 4.79 Å². The molecule has 0 saturated carbocycles. The minimum absolute atomic E-state index is 0.158. The maximum Gasteiger partial charge on any atom is 0.405 e. The summed E-state index contributed by atoms with van der Waals surface area (Å²) in [6.45, 7) is 0.330. The van der Waals surface area contributed by atoms with Crippen LogP contribution in [0.1, 0.15) is 15.9 Å². The molecule has 0 heterocycles. The van der Waals surface area contributed by atoms with Crippen molar-refractivity contribution < 1.29 is 18.0 Å². The molecule has 0 aliphatic carbocycles. The summed E-state index contributed by atoms with van der Waals surface area (Å²) >= 11 is 5.72. The zero-order valence-electron chi connectivity index (χ0n) is 8.36. The number of halogens is 4. The summed E-state index contributed by atoms with van der Waals surface area (Å²) in [7, 11) is 0. The monoisotopic (exact) mass is 251 g/mol. The maximum absolute atomic E-state index is 11.8. The summed E-state index contributed by atoms with van der Waals surface area (Å²) in [4.78, 5) is 11.3. The van der Waals surface area contributed by atoms with E-state index < -0.39 is 18.6 Å². The molecular formula is C10H9ClF3NO. The largest absolute Gasteiger partial charge is 0.405 e. The second kappa shape index (κ2) is 4.74. The van der Waals surface area contributed by atoms with E-state index in [1.807, 2.05) is 0 Å². The van der Waals surface area contributed by atoms with Crippen LogP contribution in [0, 0.1) is 6.92 Å². The number of hydrogen-bond donors (Lipinski definition) is 1. The summed E-state index contributed by atoms with van der Waals surface area (Å²) in [5, 5.41) is 2.24. The summed E-state index contributed by atoms with van der Waals surface area (Å²) in [6.07, 6.45) is -4.41. The highest BCUT2D eigenvalue weighted by molar-refractivity contribution is 6.31. The molecule has 88 valence electrons. The minimum Gasteiger partial charge on any atom is -0.343 e. The first kappa shape index (κ1) is 12.8. The van der Waals surface area contributed by atoms with Gasteiger partial charge in [0.05, 0.1) is 0 Å². The minimum atomic E-state index is -4.41. The number of carbonyl (C=O) groups excluding carboxylic acids is 1. The highest BCUT2D eigenvalue weighted by Crippen LogP contribution is 2.17. The predicted octanol–water partition coefficient (Wildman–Crippen LogP) is 2.94. The normalized spacial score (nSPS) is 11.3. The third kappa shape index (κ3) is 3.73. The Hall–Kier alpha value is -1.23. The van der Waals surface area contributed by atoms with Gasteiger partial charge in [0.1, 0.15) is 6.54 Å². The van der Waals surface area contributed by atoms with Crippen LogP contribution in [0.5, 0.6) is 0 Å². The quantitative estimate of drug-likeness (QED) is 0.860. The molecule has 0 radical (unpaired) electrons. The number of aryl methyl sites for hydroxylation is 1. The van der Waals surface area contributed by atoms with Gasteiger partial charge in [-0.25, -0.2) is 0 Å². The lowest BCUT2D eigenvalue weighted by molar-refractivity contribution is -0.123. The van der Waals surface area contributed by atoms with Gasteiger partial charge in [-0.15, -0.1) is 0 Å². The van der Waals surface area contributed by atoms with Gasteiger partial charge in [0.2, 0.25) is 0 Å². The van der Waals surface area contributed by atoms with Crippen molar-refractivity contribution in [1.82, 2.24) is 5.32 Å². The third-order valence-corrected chi connectivity index (χ3v) is 2.29. The number of nitrogens with one attached hydrogen (secondary N) is 1. The van der Waals surface area contributed by atoms with Crippen LogP contribution < -0.4 is 5.32 Å². The van der Waals surface area contributed by atoms with E-state index >= 15 is 0 Å². The van der Waals surface area contributed by atoms with E-state index in [4.69, 9.17) is 11.6 Å². The molecule has 0 bridgehead atoms. The smallest absolute Gasteiger partial charge is 0.343 e. The van der Waals surface area contributed by atoms with Crippen molar-refractivity contribution in [2.45, 2.75) is 13.1 Å². The van der Waals surface area contributed by atoms with Crippen molar-refractivity contribution in [3.8, 4) is 0 Å². The molecule has 1 aromatic rings. The molecule has 1 aromatic carbocycles. The van der Waals surface area contributed by atoms with Crippen LogP contribution in [0.2, 0.25) is 5.02 Å². The molecule has 0 atom stereocenters. The molecule has 0 aliphatic heterocycles. The van der Waals surface area contributed by atoms with Crippen molar-refractivity contribution in [3.63, 3.8) is 0 Å². The fourth-order valence-electron chi connectivity index (χ4n) is 1.07. The number of rotatable bonds is 2. The summed E-state index contributed by atoms with van der Waals surface area (Å²) in [6, 6.07) is 4.29. The molecule has 0 saturated heterocycles. The van der Waals surface area contributed by atoms with Gasteiger partial charge >= 0.3 is 6.18 Å². The predicted molar refractivity (Wildman–Crippen MR) is 54.6 cm³/mol. The van der Waals surface area contributed by atoms with Crippen LogP contribution in [0.15, 0.2) is 18.2 Å². The number of alkyl halides is 3. The first-order valence-corrected chi connectivity index (χ1v) is 4.78. The van der Waals surface area contributed by atoms with Crippen LogP contribution in [0.4, 0.5) is 13.2 Å². The van der Waals surface area contributed by atoms with E-state index in [2.05, 4.69) is 0 Å². The highest BCUT2D eigenvalue weighted by atomic mass is 35.5. The molecule has 1 N–H and O–H groups in total. The van der Waals surface area contributed by atoms with E-state index in [9.17, 15) is 18.0 Å². The van der Waals surface area contributed by atoms with Crippen LogP contribution in [0.25, 0.3) is 0 Å². The summed E-state index contributed by atoms with van der Waals surface area (Å²) in [5.41, 5.74) is 0.799. The van der Waals surface area contributed by atoms with E-state index in [1.165, 1.54) is 18.2 Å². The van der Waals surface area contributed by atoms with Gasteiger partial charge in [-0.05, 0) is 30.7 Å². The fourth-order valence-corrected chi connectivity index (χ4v) is 1.19. The molecule has 1 rings (SSSR count). The Kier molecular flexibility index (Phi) is 3.80. The molecule has 0 spiro atoms. The van der Waals surface area contributed by atoms with Crippen molar-refractivity contribution >= 4 is 17.5 Å². The Morgan fingerprint density at radius 3 is 2.56 bits per heavy atom. The Bertz CT molecular complexity index is 404. The Morgan fingerprint density at radius 1 is 1.44 bits per heavy atom. The van der Waals surface area contributed by atoms with Crippen LogP contribution >= 0.6 is 11.6 Å². The standard InChI is InChI=1S/C10H9ClF3NO/c1-6-4-7(2-3-8(6)11)9(16)15-5-10(12,13)14/h2-4H,5H2,1H3,(H,15,16). The topological polar surface area (TPSA) is 29.1 Å². The van der Waals surface area contributed by atoms with Crippen molar-refractivity contribution in [2.24, 2.45) is 0 Å². The van der Waals surface area contributed by atoms with E-state index in [0.29, 0.717) is 10.6 Å². The molecule has 0 fully saturated rings. The SMILES string of the molecule is Cc1cc(C(=O)NCC(F)(F)F)ccc1Cl. The Balaban J connectivity index is 2.70. The van der Waals surface area contributed by atoms with E-state index in [-0.39, 0.29) is 5.56 Å². The van der Waals surface area contributed by atoms with Crippen LogP contribution in [-0.2, 0) is 0 Å². The molecule has 6 heteroatoms. The Morgan fingerprint density at radius 2 is 2.06 bits per heavy atom.